The largest absolute Gasteiger partial charge is 0.490 e. The lowest BCUT2D eigenvalue weighted by Gasteiger charge is -2.07. The highest BCUT2D eigenvalue weighted by molar-refractivity contribution is 9.10. The van der Waals surface area contributed by atoms with Gasteiger partial charge in [0.25, 0.3) is 0 Å². The highest BCUT2D eigenvalue weighted by atomic mass is 79.9. The molecule has 0 fully saturated rings. The van der Waals surface area contributed by atoms with E-state index < -0.39 is 5.82 Å². The summed E-state index contributed by atoms with van der Waals surface area (Å²) in [5.41, 5.74) is 0. The van der Waals surface area contributed by atoms with Crippen LogP contribution in [0.1, 0.15) is 6.92 Å². The van der Waals surface area contributed by atoms with Gasteiger partial charge in [0.2, 0.25) is 0 Å². The highest BCUT2D eigenvalue weighted by Crippen LogP contribution is 2.32. The molecule has 0 bridgehead atoms. The van der Waals surface area contributed by atoms with Crippen molar-refractivity contribution in [3.8, 4) is 5.75 Å². The van der Waals surface area contributed by atoms with Gasteiger partial charge in [-0.05, 0) is 35.0 Å². The smallest absolute Gasteiger partial charge is 0.184 e. The second-order valence-corrected chi connectivity index (χ2v) is 3.37. The molecule has 1 rings (SSSR count). The summed E-state index contributed by atoms with van der Waals surface area (Å²) < 4.78 is 18.8. The van der Waals surface area contributed by atoms with E-state index in [1.807, 2.05) is 0 Å². The van der Waals surface area contributed by atoms with Gasteiger partial charge in [0.15, 0.2) is 11.6 Å². The summed E-state index contributed by atoms with van der Waals surface area (Å²) in [6.07, 6.45) is 0. The van der Waals surface area contributed by atoms with Gasteiger partial charge in [0.1, 0.15) is 0 Å². The zero-order chi connectivity index (χ0) is 9.14. The zero-order valence-corrected chi connectivity index (χ0v) is 8.75. The van der Waals surface area contributed by atoms with Crippen molar-refractivity contribution in [1.29, 1.82) is 0 Å². The molecule has 0 aromatic heterocycles. The van der Waals surface area contributed by atoms with Crippen LogP contribution in [0.5, 0.6) is 5.75 Å². The van der Waals surface area contributed by atoms with Crippen LogP contribution in [-0.2, 0) is 0 Å². The number of ether oxygens (including phenoxy) is 1. The fourth-order valence-corrected chi connectivity index (χ4v) is 1.35. The van der Waals surface area contributed by atoms with Crippen LogP contribution in [0.25, 0.3) is 0 Å². The van der Waals surface area contributed by atoms with E-state index in [0.717, 1.165) is 0 Å². The van der Waals surface area contributed by atoms with Crippen LogP contribution in [0.4, 0.5) is 4.39 Å². The molecule has 1 aromatic rings. The third-order valence-corrected chi connectivity index (χ3v) is 2.21. The minimum atomic E-state index is -0.520. The number of rotatable bonds is 2. The average molecular weight is 253 g/mol. The maximum Gasteiger partial charge on any atom is 0.184 e. The monoisotopic (exact) mass is 252 g/mol. The molecule has 0 radical (unpaired) electrons. The van der Waals surface area contributed by atoms with E-state index in [4.69, 9.17) is 16.3 Å². The maximum atomic E-state index is 13.2. The normalized spacial score (nSPS) is 10.0. The van der Waals surface area contributed by atoms with E-state index in [-0.39, 0.29) is 10.8 Å². The molecule has 0 atom stereocenters. The standard InChI is InChI=1S/C8H7BrClFO/c1-2-12-8-5(9)3-4-6(10)7(8)11/h3-4H,2H2,1H3. The third-order valence-electron chi connectivity index (χ3n) is 1.29. The molecule has 0 unspecified atom stereocenters. The molecular formula is C8H7BrClFO. The van der Waals surface area contributed by atoms with Crippen molar-refractivity contribution in [2.75, 3.05) is 6.61 Å². The topological polar surface area (TPSA) is 9.23 Å². The minimum absolute atomic E-state index is 0.0710. The van der Waals surface area contributed by atoms with Gasteiger partial charge in [0.05, 0.1) is 16.1 Å². The molecule has 0 aliphatic heterocycles. The summed E-state index contributed by atoms with van der Waals surface area (Å²) in [7, 11) is 0. The SMILES string of the molecule is CCOc1c(Br)ccc(Cl)c1F. The van der Waals surface area contributed by atoms with Gasteiger partial charge in [0, 0.05) is 0 Å². The van der Waals surface area contributed by atoms with Gasteiger partial charge < -0.3 is 4.74 Å². The summed E-state index contributed by atoms with van der Waals surface area (Å²) in [6, 6.07) is 3.12. The van der Waals surface area contributed by atoms with E-state index in [0.29, 0.717) is 11.1 Å². The number of hydrogen-bond donors (Lipinski definition) is 0. The lowest BCUT2D eigenvalue weighted by molar-refractivity contribution is 0.319. The molecule has 0 amide bonds. The maximum absolute atomic E-state index is 13.2. The fraction of sp³-hybridized carbons (Fsp3) is 0.250. The van der Waals surface area contributed by atoms with Crippen LogP contribution in [0.15, 0.2) is 16.6 Å². The van der Waals surface area contributed by atoms with Gasteiger partial charge in [-0.1, -0.05) is 11.6 Å². The molecule has 0 heterocycles. The molecule has 0 saturated heterocycles. The Morgan fingerprint density at radius 1 is 1.58 bits per heavy atom. The van der Waals surface area contributed by atoms with E-state index in [1.54, 1.807) is 13.0 Å². The quantitative estimate of drug-likeness (QED) is 0.731. The molecule has 4 heteroatoms. The van der Waals surface area contributed by atoms with Crippen molar-refractivity contribution >= 4 is 27.5 Å². The van der Waals surface area contributed by atoms with Crippen molar-refractivity contribution in [2.24, 2.45) is 0 Å². The van der Waals surface area contributed by atoms with Crippen molar-refractivity contribution in [3.05, 3.63) is 27.4 Å². The second-order valence-electron chi connectivity index (χ2n) is 2.11. The lowest BCUT2D eigenvalue weighted by Crippen LogP contribution is -1.95. The first-order valence-electron chi connectivity index (χ1n) is 3.43. The molecule has 66 valence electrons. The Bertz CT molecular complexity index is 291. The molecule has 0 aliphatic rings. The molecule has 1 aromatic carbocycles. The van der Waals surface area contributed by atoms with Gasteiger partial charge in [-0.25, -0.2) is 4.39 Å². The first-order valence-corrected chi connectivity index (χ1v) is 4.60. The van der Waals surface area contributed by atoms with Crippen LogP contribution in [0.3, 0.4) is 0 Å². The van der Waals surface area contributed by atoms with Crippen LogP contribution in [0.2, 0.25) is 5.02 Å². The molecule has 0 N–H and O–H groups in total. The van der Waals surface area contributed by atoms with Crippen molar-refractivity contribution in [2.45, 2.75) is 6.92 Å². The zero-order valence-electron chi connectivity index (χ0n) is 6.40. The Balaban J connectivity index is 3.14. The Kier molecular flexibility index (Phi) is 3.35. The molecule has 0 aliphatic carbocycles. The van der Waals surface area contributed by atoms with E-state index >= 15 is 0 Å². The molecular weight excluding hydrogens is 246 g/mol. The summed E-state index contributed by atoms with van der Waals surface area (Å²) in [5, 5.41) is 0.0710. The number of halogens is 3. The van der Waals surface area contributed by atoms with Crippen LogP contribution in [0, 0.1) is 5.82 Å². The minimum Gasteiger partial charge on any atom is -0.490 e. The third kappa shape index (κ3) is 1.90. The van der Waals surface area contributed by atoms with Crippen molar-refractivity contribution < 1.29 is 9.13 Å². The summed E-state index contributed by atoms with van der Waals surface area (Å²) in [5.74, 6) is -0.349. The Morgan fingerprint density at radius 3 is 2.83 bits per heavy atom. The molecule has 12 heavy (non-hydrogen) atoms. The predicted molar refractivity (Wildman–Crippen MR) is 50.3 cm³/mol. The molecule has 1 nitrogen and oxygen atoms in total. The molecule has 0 saturated carbocycles. The first kappa shape index (κ1) is 9.81. The summed E-state index contributed by atoms with van der Waals surface area (Å²) in [6.45, 7) is 2.20. The Morgan fingerprint density at radius 2 is 2.25 bits per heavy atom. The Hall–Kier alpha value is -0.280. The molecule has 0 spiro atoms. The number of benzene rings is 1. The fourth-order valence-electron chi connectivity index (χ4n) is 0.785. The van der Waals surface area contributed by atoms with Gasteiger partial charge in [-0.15, -0.1) is 0 Å². The van der Waals surface area contributed by atoms with Crippen molar-refractivity contribution in [3.63, 3.8) is 0 Å². The Labute approximate surface area is 83.6 Å². The van der Waals surface area contributed by atoms with Gasteiger partial charge >= 0.3 is 0 Å². The van der Waals surface area contributed by atoms with E-state index in [2.05, 4.69) is 15.9 Å². The second kappa shape index (κ2) is 4.10. The van der Waals surface area contributed by atoms with Crippen LogP contribution in [-0.4, -0.2) is 6.61 Å². The summed E-state index contributed by atoms with van der Waals surface area (Å²) >= 11 is 8.70. The highest BCUT2D eigenvalue weighted by Gasteiger charge is 2.10. The van der Waals surface area contributed by atoms with Crippen LogP contribution < -0.4 is 4.74 Å². The summed E-state index contributed by atoms with van der Waals surface area (Å²) in [4.78, 5) is 0. The van der Waals surface area contributed by atoms with Crippen LogP contribution >= 0.6 is 27.5 Å². The average Bonchev–Trinajstić information content (AvgIpc) is 2.06. The van der Waals surface area contributed by atoms with E-state index in [9.17, 15) is 4.39 Å². The van der Waals surface area contributed by atoms with Crippen molar-refractivity contribution in [1.82, 2.24) is 0 Å². The van der Waals surface area contributed by atoms with Gasteiger partial charge in [-0.2, -0.15) is 0 Å². The predicted octanol–water partition coefficient (Wildman–Crippen LogP) is 3.64. The number of hydrogen-bond acceptors (Lipinski definition) is 1. The van der Waals surface area contributed by atoms with E-state index in [1.165, 1.54) is 6.07 Å². The first-order chi connectivity index (χ1) is 5.66. The lowest BCUT2D eigenvalue weighted by atomic mass is 10.3. The van der Waals surface area contributed by atoms with Gasteiger partial charge in [-0.3, -0.25) is 0 Å².